The number of hydrazone groups is 1. The smallest absolute Gasteiger partial charge is 0.0838 e. The molecule has 4 nitrogen and oxygen atoms in total. The lowest BCUT2D eigenvalue weighted by atomic mass is 10.2. The number of hydrogen-bond acceptors (Lipinski definition) is 4. The fourth-order valence-corrected chi connectivity index (χ4v) is 1.75. The van der Waals surface area contributed by atoms with E-state index in [2.05, 4.69) is 20.5 Å². The molecule has 0 atom stereocenters. The summed E-state index contributed by atoms with van der Waals surface area (Å²) in [6.45, 7) is 0. The van der Waals surface area contributed by atoms with Crippen LogP contribution < -0.4 is 5.43 Å². The van der Waals surface area contributed by atoms with Gasteiger partial charge < -0.3 is 0 Å². The monoisotopic (exact) mass is 248 g/mol. The highest BCUT2D eigenvalue weighted by Crippen LogP contribution is 2.10. The molecule has 4 heteroatoms. The number of hydrogen-bond donors (Lipinski definition) is 1. The molecule has 0 unspecified atom stereocenters. The Morgan fingerprint density at radius 2 is 1.79 bits per heavy atom. The lowest BCUT2D eigenvalue weighted by Gasteiger charge is -1.99. The van der Waals surface area contributed by atoms with Crippen molar-refractivity contribution in [2.75, 3.05) is 5.43 Å². The molecule has 0 aliphatic carbocycles. The topological polar surface area (TPSA) is 50.2 Å². The third-order valence-corrected chi connectivity index (χ3v) is 2.69. The molecule has 1 aromatic carbocycles. The van der Waals surface area contributed by atoms with Gasteiger partial charge in [0.05, 0.1) is 23.1 Å². The van der Waals surface area contributed by atoms with Crippen molar-refractivity contribution in [1.82, 2.24) is 9.97 Å². The van der Waals surface area contributed by atoms with Crippen molar-refractivity contribution in [2.24, 2.45) is 5.10 Å². The third-order valence-electron chi connectivity index (χ3n) is 2.69. The van der Waals surface area contributed by atoms with Crippen molar-refractivity contribution in [2.45, 2.75) is 0 Å². The van der Waals surface area contributed by atoms with Crippen LogP contribution in [0.3, 0.4) is 0 Å². The molecule has 3 aromatic rings. The van der Waals surface area contributed by atoms with E-state index in [0.29, 0.717) is 0 Å². The number of rotatable bonds is 3. The number of anilines is 1. The largest absolute Gasteiger partial charge is 0.278 e. The number of fused-ring (bicyclic) bond motifs is 1. The molecule has 0 aliphatic heterocycles. The van der Waals surface area contributed by atoms with Crippen LogP contribution in [0.1, 0.15) is 5.69 Å². The SMILES string of the molecule is C(=N\Nc1ccncc1)/c1ccc2ccccc2n1. The van der Waals surface area contributed by atoms with Crippen LogP contribution in [0.2, 0.25) is 0 Å². The molecule has 1 N–H and O–H groups in total. The summed E-state index contributed by atoms with van der Waals surface area (Å²) in [5, 5.41) is 5.28. The molecule has 2 heterocycles. The quantitative estimate of drug-likeness (QED) is 0.572. The van der Waals surface area contributed by atoms with Crippen molar-refractivity contribution in [3.8, 4) is 0 Å². The number of nitrogens with zero attached hydrogens (tertiary/aromatic N) is 3. The van der Waals surface area contributed by atoms with Crippen LogP contribution in [-0.2, 0) is 0 Å². The van der Waals surface area contributed by atoms with Crippen LogP contribution >= 0.6 is 0 Å². The van der Waals surface area contributed by atoms with Gasteiger partial charge in [0.1, 0.15) is 0 Å². The van der Waals surface area contributed by atoms with Gasteiger partial charge in [-0.3, -0.25) is 10.4 Å². The second-order valence-corrected chi connectivity index (χ2v) is 4.03. The summed E-state index contributed by atoms with van der Waals surface area (Å²) in [6, 6.07) is 15.7. The standard InChI is InChI=1S/C15H12N4/c1-2-4-15-12(3-1)5-6-14(18-15)11-17-19-13-7-9-16-10-8-13/h1-11H,(H,16,19)/b17-11+. The van der Waals surface area contributed by atoms with Crippen LogP contribution in [0, 0.1) is 0 Å². The number of benzene rings is 1. The predicted molar refractivity (Wildman–Crippen MR) is 77.2 cm³/mol. The maximum absolute atomic E-state index is 4.50. The first kappa shape index (κ1) is 11.3. The van der Waals surface area contributed by atoms with Gasteiger partial charge in [0.25, 0.3) is 0 Å². The van der Waals surface area contributed by atoms with Crippen molar-refractivity contribution in [3.63, 3.8) is 0 Å². The van der Waals surface area contributed by atoms with Gasteiger partial charge in [0, 0.05) is 17.8 Å². The summed E-state index contributed by atoms with van der Waals surface area (Å²) in [4.78, 5) is 8.45. The van der Waals surface area contributed by atoms with Gasteiger partial charge in [0.15, 0.2) is 0 Å². The molecule has 19 heavy (non-hydrogen) atoms. The molecule has 0 spiro atoms. The van der Waals surface area contributed by atoms with E-state index in [1.54, 1.807) is 18.6 Å². The minimum absolute atomic E-state index is 0.820. The van der Waals surface area contributed by atoms with Gasteiger partial charge in [-0.2, -0.15) is 5.10 Å². The zero-order valence-electron chi connectivity index (χ0n) is 10.2. The summed E-state index contributed by atoms with van der Waals surface area (Å²) in [6.07, 6.45) is 5.13. The van der Waals surface area contributed by atoms with Gasteiger partial charge in [-0.05, 0) is 24.3 Å². The zero-order chi connectivity index (χ0) is 12.9. The Morgan fingerprint density at radius 3 is 2.68 bits per heavy atom. The van der Waals surface area contributed by atoms with E-state index in [4.69, 9.17) is 0 Å². The van der Waals surface area contributed by atoms with Crippen LogP contribution in [0.25, 0.3) is 10.9 Å². The summed E-state index contributed by atoms with van der Waals surface area (Å²) >= 11 is 0. The van der Waals surface area contributed by atoms with E-state index in [1.165, 1.54) is 0 Å². The van der Waals surface area contributed by atoms with Crippen molar-refractivity contribution in [3.05, 3.63) is 66.6 Å². The van der Waals surface area contributed by atoms with Crippen LogP contribution in [-0.4, -0.2) is 16.2 Å². The molecular weight excluding hydrogens is 236 g/mol. The molecule has 0 bridgehead atoms. The minimum atomic E-state index is 0.820. The van der Waals surface area contributed by atoms with E-state index in [1.807, 2.05) is 48.5 Å². The molecule has 0 fully saturated rings. The Hall–Kier alpha value is -2.75. The van der Waals surface area contributed by atoms with E-state index >= 15 is 0 Å². The van der Waals surface area contributed by atoms with E-state index < -0.39 is 0 Å². The molecule has 2 aromatic heterocycles. The van der Waals surface area contributed by atoms with Crippen LogP contribution in [0.5, 0.6) is 0 Å². The fourth-order valence-electron chi connectivity index (χ4n) is 1.75. The van der Waals surface area contributed by atoms with E-state index in [-0.39, 0.29) is 0 Å². The number of aromatic nitrogens is 2. The Balaban J connectivity index is 1.78. The molecule has 3 rings (SSSR count). The highest BCUT2D eigenvalue weighted by Gasteiger charge is 1.94. The summed E-state index contributed by atoms with van der Waals surface area (Å²) in [5.74, 6) is 0. The van der Waals surface area contributed by atoms with Crippen LogP contribution in [0.4, 0.5) is 5.69 Å². The molecule has 0 saturated heterocycles. The normalized spacial score (nSPS) is 10.9. The van der Waals surface area contributed by atoms with E-state index in [9.17, 15) is 0 Å². The average molecular weight is 248 g/mol. The Morgan fingerprint density at radius 1 is 0.947 bits per heavy atom. The van der Waals surface area contributed by atoms with Gasteiger partial charge in [-0.1, -0.05) is 24.3 Å². The van der Waals surface area contributed by atoms with Crippen LogP contribution in [0.15, 0.2) is 66.0 Å². The molecule has 92 valence electrons. The predicted octanol–water partition coefficient (Wildman–Crippen LogP) is 3.08. The molecule has 0 aliphatic rings. The maximum Gasteiger partial charge on any atom is 0.0838 e. The number of pyridine rings is 2. The highest BCUT2D eigenvalue weighted by atomic mass is 15.3. The highest BCUT2D eigenvalue weighted by molar-refractivity contribution is 5.85. The van der Waals surface area contributed by atoms with Crippen molar-refractivity contribution < 1.29 is 0 Å². The van der Waals surface area contributed by atoms with Gasteiger partial charge in [-0.25, -0.2) is 4.98 Å². The van der Waals surface area contributed by atoms with Gasteiger partial charge in [0.2, 0.25) is 0 Å². The summed E-state index contributed by atoms with van der Waals surface area (Å²) < 4.78 is 0. The molecule has 0 amide bonds. The first-order valence-electron chi connectivity index (χ1n) is 5.97. The fraction of sp³-hybridized carbons (Fsp3) is 0. The number of para-hydroxylation sites is 1. The first-order chi connectivity index (χ1) is 9.42. The zero-order valence-corrected chi connectivity index (χ0v) is 10.2. The average Bonchev–Trinajstić information content (AvgIpc) is 2.48. The van der Waals surface area contributed by atoms with Gasteiger partial charge in [-0.15, -0.1) is 0 Å². The van der Waals surface area contributed by atoms with Crippen molar-refractivity contribution in [1.29, 1.82) is 0 Å². The number of nitrogens with one attached hydrogen (secondary N) is 1. The second kappa shape index (κ2) is 5.27. The summed E-state index contributed by atoms with van der Waals surface area (Å²) in [7, 11) is 0. The molecule has 0 saturated carbocycles. The Kier molecular flexibility index (Phi) is 3.14. The Bertz CT molecular complexity index is 707. The summed E-state index contributed by atoms with van der Waals surface area (Å²) in [5.41, 5.74) is 5.61. The molecular formula is C15H12N4. The van der Waals surface area contributed by atoms with E-state index in [0.717, 1.165) is 22.3 Å². The maximum atomic E-state index is 4.50. The minimum Gasteiger partial charge on any atom is -0.278 e. The second-order valence-electron chi connectivity index (χ2n) is 4.03. The van der Waals surface area contributed by atoms with Crippen molar-refractivity contribution >= 4 is 22.8 Å². The lowest BCUT2D eigenvalue weighted by Crippen LogP contribution is -1.93. The lowest BCUT2D eigenvalue weighted by molar-refractivity contribution is 1.28. The first-order valence-corrected chi connectivity index (χ1v) is 5.97. The third kappa shape index (κ3) is 2.74. The Labute approximate surface area is 110 Å². The molecule has 0 radical (unpaired) electrons. The van der Waals surface area contributed by atoms with Gasteiger partial charge >= 0.3 is 0 Å².